The second-order valence-electron chi connectivity index (χ2n) is 6.14. The molecule has 118 valence electrons. The molecule has 0 amide bonds. The van der Waals surface area contributed by atoms with Crippen molar-refractivity contribution in [2.24, 2.45) is 0 Å². The van der Waals surface area contributed by atoms with Gasteiger partial charge in [0, 0.05) is 29.7 Å². The normalized spacial score (nSPS) is 21.0. The Morgan fingerprint density at radius 3 is 2.86 bits per heavy atom. The van der Waals surface area contributed by atoms with E-state index in [0.717, 1.165) is 42.9 Å². The van der Waals surface area contributed by atoms with Gasteiger partial charge < -0.3 is 5.11 Å². The van der Waals surface area contributed by atoms with Crippen LogP contribution in [0.2, 0.25) is 5.02 Å². The van der Waals surface area contributed by atoms with Crippen molar-refractivity contribution in [3.05, 3.63) is 52.3 Å². The number of aliphatic hydroxyl groups excluding tert-OH is 1. The van der Waals surface area contributed by atoms with Gasteiger partial charge in [-0.3, -0.25) is 10.00 Å². The van der Waals surface area contributed by atoms with E-state index >= 15 is 0 Å². The molecule has 3 rings (SSSR count). The Morgan fingerprint density at radius 2 is 2.18 bits per heavy atom. The van der Waals surface area contributed by atoms with Crippen LogP contribution in [0.3, 0.4) is 0 Å². The molecule has 0 radical (unpaired) electrons. The van der Waals surface area contributed by atoms with Gasteiger partial charge in [0.1, 0.15) is 0 Å². The van der Waals surface area contributed by atoms with Crippen LogP contribution < -0.4 is 0 Å². The Labute approximate surface area is 136 Å². The predicted molar refractivity (Wildman–Crippen MR) is 88.2 cm³/mol. The van der Waals surface area contributed by atoms with Gasteiger partial charge in [0.2, 0.25) is 0 Å². The molecule has 0 saturated carbocycles. The summed E-state index contributed by atoms with van der Waals surface area (Å²) < 4.78 is 0. The summed E-state index contributed by atoms with van der Waals surface area (Å²) in [6.07, 6.45) is 1.83. The summed E-state index contributed by atoms with van der Waals surface area (Å²) in [4.78, 5) is 2.33. The Hall–Kier alpha value is -1.36. The summed E-state index contributed by atoms with van der Waals surface area (Å²) in [5, 5.41) is 18.5. The van der Waals surface area contributed by atoms with Gasteiger partial charge in [-0.25, -0.2) is 0 Å². The number of hydrogen-bond donors (Lipinski definition) is 2. The number of aliphatic hydroxyl groups is 1. The molecule has 2 aromatic rings. The molecule has 2 N–H and O–H groups in total. The van der Waals surface area contributed by atoms with Crippen LogP contribution in [0.15, 0.2) is 30.3 Å². The summed E-state index contributed by atoms with van der Waals surface area (Å²) in [5.74, 6) is 0.455. The molecule has 0 bridgehead atoms. The standard InChI is InChI=1S/C17H22ClN3O/c1-12-9-16(20-19-12)14-3-2-8-21(10-14)11-17(22)13-4-6-15(18)7-5-13/h4-7,9,14,17,22H,2-3,8,10-11H2,1H3,(H,19,20)/t14-,17-/m0/s1. The molecule has 1 aromatic heterocycles. The van der Waals surface area contributed by atoms with Crippen molar-refractivity contribution in [2.45, 2.75) is 31.8 Å². The fourth-order valence-corrected chi connectivity index (χ4v) is 3.27. The lowest BCUT2D eigenvalue weighted by Crippen LogP contribution is -2.37. The van der Waals surface area contributed by atoms with Crippen LogP contribution in [0.1, 0.15) is 41.8 Å². The SMILES string of the molecule is Cc1cc([C@H]2CCCN(C[C@H](O)c3ccc(Cl)cc3)C2)n[nH]1. The topological polar surface area (TPSA) is 52.1 Å². The fraction of sp³-hybridized carbons (Fsp3) is 0.471. The summed E-state index contributed by atoms with van der Waals surface area (Å²) in [7, 11) is 0. The number of nitrogens with zero attached hydrogens (tertiary/aromatic N) is 2. The van der Waals surface area contributed by atoms with Crippen molar-refractivity contribution in [3.8, 4) is 0 Å². The number of hydrogen-bond acceptors (Lipinski definition) is 3. The predicted octanol–water partition coefficient (Wildman–Crippen LogP) is 3.28. The van der Waals surface area contributed by atoms with Crippen LogP contribution in [-0.4, -0.2) is 39.8 Å². The Balaban J connectivity index is 1.61. The van der Waals surface area contributed by atoms with Crippen LogP contribution >= 0.6 is 11.6 Å². The van der Waals surface area contributed by atoms with Gasteiger partial charge in [-0.1, -0.05) is 23.7 Å². The maximum absolute atomic E-state index is 10.4. The molecule has 1 aliphatic rings. The number of rotatable bonds is 4. The Bertz CT molecular complexity index is 611. The van der Waals surface area contributed by atoms with Gasteiger partial charge in [-0.05, 0) is 50.1 Å². The van der Waals surface area contributed by atoms with Crippen molar-refractivity contribution in [1.82, 2.24) is 15.1 Å². The number of aromatic nitrogens is 2. The van der Waals surface area contributed by atoms with E-state index in [0.29, 0.717) is 17.5 Å². The highest BCUT2D eigenvalue weighted by Crippen LogP contribution is 2.27. The average Bonchev–Trinajstić information content (AvgIpc) is 2.95. The zero-order chi connectivity index (χ0) is 15.5. The third-order valence-corrected chi connectivity index (χ3v) is 4.59. The Kier molecular flexibility index (Phi) is 4.81. The lowest BCUT2D eigenvalue weighted by molar-refractivity contribution is 0.0950. The molecule has 22 heavy (non-hydrogen) atoms. The van der Waals surface area contributed by atoms with Crippen LogP contribution in [0, 0.1) is 6.92 Å². The summed E-state index contributed by atoms with van der Waals surface area (Å²) in [6, 6.07) is 9.57. The number of nitrogens with one attached hydrogen (secondary N) is 1. The maximum Gasteiger partial charge on any atom is 0.0916 e. The first-order chi connectivity index (χ1) is 10.6. The highest BCUT2D eigenvalue weighted by molar-refractivity contribution is 6.30. The third-order valence-electron chi connectivity index (χ3n) is 4.34. The first kappa shape index (κ1) is 15.5. The lowest BCUT2D eigenvalue weighted by atomic mass is 9.94. The van der Waals surface area contributed by atoms with Crippen LogP contribution in [-0.2, 0) is 0 Å². The molecular formula is C17H22ClN3O. The van der Waals surface area contributed by atoms with E-state index in [4.69, 9.17) is 11.6 Å². The van der Waals surface area contributed by atoms with E-state index in [1.807, 2.05) is 31.2 Å². The second kappa shape index (κ2) is 6.82. The average molecular weight is 320 g/mol. The second-order valence-corrected chi connectivity index (χ2v) is 6.58. The van der Waals surface area contributed by atoms with E-state index in [2.05, 4.69) is 21.2 Å². The number of aromatic amines is 1. The van der Waals surface area contributed by atoms with E-state index in [-0.39, 0.29) is 0 Å². The largest absolute Gasteiger partial charge is 0.387 e. The summed E-state index contributed by atoms with van der Waals surface area (Å²) in [6.45, 7) is 4.67. The highest BCUT2D eigenvalue weighted by Gasteiger charge is 2.24. The molecule has 0 aliphatic carbocycles. The highest BCUT2D eigenvalue weighted by atomic mass is 35.5. The number of aryl methyl sites for hydroxylation is 1. The molecular weight excluding hydrogens is 298 g/mol. The van der Waals surface area contributed by atoms with Crippen LogP contribution in [0.4, 0.5) is 0 Å². The molecule has 1 aromatic carbocycles. The van der Waals surface area contributed by atoms with E-state index in [9.17, 15) is 5.11 Å². The van der Waals surface area contributed by atoms with Gasteiger partial charge >= 0.3 is 0 Å². The van der Waals surface area contributed by atoms with Crippen molar-refractivity contribution in [2.75, 3.05) is 19.6 Å². The van der Waals surface area contributed by atoms with Gasteiger partial charge in [-0.15, -0.1) is 0 Å². The summed E-state index contributed by atoms with van der Waals surface area (Å²) >= 11 is 5.90. The van der Waals surface area contributed by atoms with Gasteiger partial charge in [-0.2, -0.15) is 5.10 Å². The monoisotopic (exact) mass is 319 g/mol. The van der Waals surface area contributed by atoms with Gasteiger partial charge in [0.15, 0.2) is 0 Å². The van der Waals surface area contributed by atoms with E-state index in [1.54, 1.807) is 0 Å². The van der Waals surface area contributed by atoms with Gasteiger partial charge in [0.25, 0.3) is 0 Å². The molecule has 1 saturated heterocycles. The molecule has 1 aliphatic heterocycles. The molecule has 5 heteroatoms. The van der Waals surface area contributed by atoms with Crippen LogP contribution in [0.25, 0.3) is 0 Å². The van der Waals surface area contributed by atoms with E-state index < -0.39 is 6.10 Å². The number of benzene rings is 1. The smallest absolute Gasteiger partial charge is 0.0916 e. The zero-order valence-electron chi connectivity index (χ0n) is 12.8. The number of piperidine rings is 1. The molecule has 4 nitrogen and oxygen atoms in total. The lowest BCUT2D eigenvalue weighted by Gasteiger charge is -2.33. The molecule has 2 heterocycles. The van der Waals surface area contributed by atoms with Crippen molar-refractivity contribution in [1.29, 1.82) is 0 Å². The Morgan fingerprint density at radius 1 is 1.41 bits per heavy atom. The van der Waals surface area contributed by atoms with Crippen LogP contribution in [0.5, 0.6) is 0 Å². The number of likely N-dealkylation sites (tertiary alicyclic amines) is 1. The van der Waals surface area contributed by atoms with Gasteiger partial charge in [0.05, 0.1) is 11.8 Å². The number of β-amino-alcohol motifs (C(OH)–C–C–N with tert-alkyl or cyclic N) is 1. The van der Waals surface area contributed by atoms with E-state index in [1.165, 1.54) is 0 Å². The minimum absolute atomic E-state index is 0.455. The zero-order valence-corrected chi connectivity index (χ0v) is 13.6. The summed E-state index contributed by atoms with van der Waals surface area (Å²) in [5.41, 5.74) is 3.17. The molecule has 0 unspecified atom stereocenters. The molecule has 2 atom stereocenters. The third kappa shape index (κ3) is 3.69. The fourth-order valence-electron chi connectivity index (χ4n) is 3.15. The number of H-pyrrole nitrogens is 1. The molecule has 1 fully saturated rings. The van der Waals surface area contributed by atoms with Crippen molar-refractivity contribution in [3.63, 3.8) is 0 Å². The quantitative estimate of drug-likeness (QED) is 0.909. The van der Waals surface area contributed by atoms with Crippen molar-refractivity contribution < 1.29 is 5.11 Å². The minimum atomic E-state index is -0.475. The van der Waals surface area contributed by atoms with Crippen molar-refractivity contribution >= 4 is 11.6 Å². The first-order valence-corrected chi connectivity index (χ1v) is 8.17. The number of halogens is 1. The minimum Gasteiger partial charge on any atom is -0.387 e. The molecule has 0 spiro atoms. The first-order valence-electron chi connectivity index (χ1n) is 7.79. The maximum atomic E-state index is 10.4.